The molecule has 0 bridgehead atoms. The van der Waals surface area contributed by atoms with Crippen molar-refractivity contribution in [2.75, 3.05) is 43.4 Å². The summed E-state index contributed by atoms with van der Waals surface area (Å²) in [6.45, 7) is 3.32. The van der Waals surface area contributed by atoms with Crippen LogP contribution in [-0.4, -0.2) is 44.0 Å². The maximum atomic E-state index is 12.9. The molecule has 0 spiro atoms. The highest BCUT2D eigenvalue weighted by Crippen LogP contribution is 2.32. The Balaban J connectivity index is 1.85. The lowest BCUT2D eigenvalue weighted by atomic mass is 10.1. The van der Waals surface area contributed by atoms with E-state index in [-0.39, 0.29) is 5.56 Å². The van der Waals surface area contributed by atoms with Gasteiger partial charge < -0.3 is 15.1 Å². The van der Waals surface area contributed by atoms with Crippen LogP contribution in [0.1, 0.15) is 15.9 Å². The Morgan fingerprint density at radius 1 is 1.07 bits per heavy atom. The first kappa shape index (κ1) is 19.5. The van der Waals surface area contributed by atoms with Crippen molar-refractivity contribution < 1.29 is 18.0 Å². The highest BCUT2D eigenvalue weighted by atomic mass is 35.5. The van der Waals surface area contributed by atoms with Crippen LogP contribution in [0.2, 0.25) is 5.02 Å². The minimum absolute atomic E-state index is 0.0610. The topological polar surface area (TPSA) is 35.6 Å². The van der Waals surface area contributed by atoms with Gasteiger partial charge in [0.05, 0.1) is 16.9 Å². The number of hydrogen-bond acceptors (Lipinski definition) is 3. The van der Waals surface area contributed by atoms with E-state index in [1.165, 1.54) is 12.1 Å². The summed E-state index contributed by atoms with van der Waals surface area (Å²) in [6.07, 6.45) is -4.50. The average Bonchev–Trinajstić information content (AvgIpc) is 2.62. The molecule has 2 aromatic rings. The number of amides is 1. The first-order valence-electron chi connectivity index (χ1n) is 8.46. The Kier molecular flexibility index (Phi) is 5.62. The normalized spacial score (nSPS) is 15.7. The van der Waals surface area contributed by atoms with Crippen molar-refractivity contribution in [3.8, 4) is 0 Å². The lowest BCUT2D eigenvalue weighted by molar-refractivity contribution is -0.137. The van der Waals surface area contributed by atoms with Crippen molar-refractivity contribution >= 4 is 28.9 Å². The van der Waals surface area contributed by atoms with Crippen LogP contribution in [0, 0.1) is 0 Å². The van der Waals surface area contributed by atoms with Gasteiger partial charge in [0.15, 0.2) is 0 Å². The van der Waals surface area contributed by atoms with Crippen LogP contribution in [-0.2, 0) is 6.18 Å². The Morgan fingerprint density at radius 3 is 2.44 bits per heavy atom. The lowest BCUT2D eigenvalue weighted by Crippen LogP contribution is -2.44. The number of carbonyl (C=O) groups is 1. The van der Waals surface area contributed by atoms with Crippen molar-refractivity contribution in [2.24, 2.45) is 0 Å². The number of anilines is 2. The van der Waals surface area contributed by atoms with E-state index in [0.29, 0.717) is 10.7 Å². The molecule has 4 nitrogen and oxygen atoms in total. The molecule has 144 valence electrons. The molecule has 0 atom stereocenters. The molecule has 0 aliphatic carbocycles. The number of likely N-dealkylation sites (N-methyl/N-ethyl adjacent to an activating group) is 1. The number of halogens is 4. The molecule has 1 N–H and O–H groups in total. The van der Waals surface area contributed by atoms with Gasteiger partial charge in [0.1, 0.15) is 0 Å². The molecular formula is C19H19ClF3N3O. The van der Waals surface area contributed by atoms with Crippen molar-refractivity contribution in [3.63, 3.8) is 0 Å². The van der Waals surface area contributed by atoms with Gasteiger partial charge in [0.2, 0.25) is 0 Å². The summed E-state index contributed by atoms with van der Waals surface area (Å²) in [6, 6.07) is 9.51. The van der Waals surface area contributed by atoms with Crippen LogP contribution >= 0.6 is 11.6 Å². The molecule has 1 saturated heterocycles. The van der Waals surface area contributed by atoms with Gasteiger partial charge in [0, 0.05) is 36.8 Å². The first-order chi connectivity index (χ1) is 12.7. The third kappa shape index (κ3) is 4.73. The minimum atomic E-state index is -4.50. The molecule has 0 saturated carbocycles. The summed E-state index contributed by atoms with van der Waals surface area (Å²) in [7, 11) is 2.04. The second kappa shape index (κ2) is 7.78. The van der Waals surface area contributed by atoms with E-state index in [9.17, 15) is 18.0 Å². The summed E-state index contributed by atoms with van der Waals surface area (Å²) in [5.41, 5.74) is 0.358. The van der Waals surface area contributed by atoms with E-state index in [1.54, 1.807) is 12.1 Å². The van der Waals surface area contributed by atoms with Gasteiger partial charge in [0.25, 0.3) is 5.91 Å². The third-order valence-electron chi connectivity index (χ3n) is 4.50. The summed E-state index contributed by atoms with van der Waals surface area (Å²) in [5.74, 6) is -0.612. The molecular weight excluding hydrogens is 379 g/mol. The van der Waals surface area contributed by atoms with E-state index in [2.05, 4.69) is 15.1 Å². The largest absolute Gasteiger partial charge is 0.416 e. The van der Waals surface area contributed by atoms with E-state index >= 15 is 0 Å². The van der Waals surface area contributed by atoms with Gasteiger partial charge in [-0.2, -0.15) is 13.2 Å². The highest BCUT2D eigenvalue weighted by Gasteiger charge is 2.31. The SMILES string of the molecule is CN1CCN(c2ccc(Cl)cc2NC(=O)c2cccc(C(F)(F)F)c2)CC1. The highest BCUT2D eigenvalue weighted by molar-refractivity contribution is 6.31. The van der Waals surface area contributed by atoms with Crippen LogP contribution < -0.4 is 10.2 Å². The fourth-order valence-electron chi connectivity index (χ4n) is 2.96. The van der Waals surface area contributed by atoms with Gasteiger partial charge >= 0.3 is 6.18 Å². The van der Waals surface area contributed by atoms with Gasteiger partial charge in [-0.05, 0) is 43.4 Å². The van der Waals surface area contributed by atoms with E-state index < -0.39 is 17.6 Å². The fourth-order valence-corrected chi connectivity index (χ4v) is 3.13. The van der Waals surface area contributed by atoms with Crippen molar-refractivity contribution in [2.45, 2.75) is 6.18 Å². The Morgan fingerprint density at radius 2 is 1.78 bits per heavy atom. The average molecular weight is 398 g/mol. The zero-order chi connectivity index (χ0) is 19.6. The predicted octanol–water partition coefficient (Wildman–Crippen LogP) is 4.36. The smallest absolute Gasteiger partial charge is 0.367 e. The number of alkyl halides is 3. The third-order valence-corrected chi connectivity index (χ3v) is 4.74. The standard InChI is InChI=1S/C19H19ClF3N3O/c1-25-7-9-26(10-8-25)17-6-5-15(20)12-16(17)24-18(27)13-3-2-4-14(11-13)19(21,22)23/h2-6,11-12H,7-10H2,1H3,(H,24,27). The van der Waals surface area contributed by atoms with Crippen molar-refractivity contribution in [1.82, 2.24) is 4.90 Å². The molecule has 0 aromatic heterocycles. The monoisotopic (exact) mass is 397 g/mol. The van der Waals surface area contributed by atoms with E-state index in [4.69, 9.17) is 11.6 Å². The van der Waals surface area contributed by atoms with E-state index in [0.717, 1.165) is 44.0 Å². The molecule has 0 radical (unpaired) electrons. The summed E-state index contributed by atoms with van der Waals surface area (Å²) in [4.78, 5) is 16.9. The number of nitrogens with one attached hydrogen (secondary N) is 1. The second-order valence-electron chi connectivity index (χ2n) is 6.48. The van der Waals surface area contributed by atoms with Crippen molar-refractivity contribution in [3.05, 3.63) is 58.6 Å². The quantitative estimate of drug-likeness (QED) is 0.835. The minimum Gasteiger partial charge on any atom is -0.367 e. The van der Waals surface area contributed by atoms with Gasteiger partial charge in [-0.15, -0.1) is 0 Å². The molecule has 1 aliphatic rings. The molecule has 1 heterocycles. The van der Waals surface area contributed by atoms with Gasteiger partial charge in [-0.1, -0.05) is 17.7 Å². The van der Waals surface area contributed by atoms with Gasteiger partial charge in [-0.25, -0.2) is 0 Å². The fraction of sp³-hybridized carbons (Fsp3) is 0.316. The summed E-state index contributed by atoms with van der Waals surface area (Å²) >= 11 is 6.07. The zero-order valence-corrected chi connectivity index (χ0v) is 15.4. The Bertz CT molecular complexity index is 833. The lowest BCUT2D eigenvalue weighted by Gasteiger charge is -2.35. The first-order valence-corrected chi connectivity index (χ1v) is 8.83. The summed E-state index contributed by atoms with van der Waals surface area (Å²) in [5, 5.41) is 3.15. The molecule has 1 aliphatic heterocycles. The predicted molar refractivity (Wildman–Crippen MR) is 101 cm³/mol. The van der Waals surface area contributed by atoms with E-state index in [1.807, 2.05) is 13.1 Å². The van der Waals surface area contributed by atoms with Crippen LogP contribution in [0.15, 0.2) is 42.5 Å². The zero-order valence-electron chi connectivity index (χ0n) is 14.7. The molecule has 3 rings (SSSR count). The Labute approximate surface area is 160 Å². The molecule has 27 heavy (non-hydrogen) atoms. The Hall–Kier alpha value is -2.25. The maximum Gasteiger partial charge on any atom is 0.416 e. The number of rotatable bonds is 3. The molecule has 1 amide bonds. The molecule has 1 fully saturated rings. The van der Waals surface area contributed by atoms with Crippen molar-refractivity contribution in [1.29, 1.82) is 0 Å². The maximum absolute atomic E-state index is 12.9. The number of carbonyl (C=O) groups excluding carboxylic acids is 1. The van der Waals surface area contributed by atoms with Crippen LogP contribution in [0.25, 0.3) is 0 Å². The van der Waals surface area contributed by atoms with Crippen LogP contribution in [0.4, 0.5) is 24.5 Å². The van der Waals surface area contributed by atoms with Gasteiger partial charge in [-0.3, -0.25) is 4.79 Å². The molecule has 2 aromatic carbocycles. The number of benzene rings is 2. The number of piperazine rings is 1. The molecule has 0 unspecified atom stereocenters. The molecule has 8 heteroatoms. The van der Waals surface area contributed by atoms with Crippen LogP contribution in [0.5, 0.6) is 0 Å². The second-order valence-corrected chi connectivity index (χ2v) is 6.92. The number of nitrogens with zero attached hydrogens (tertiary/aromatic N) is 2. The number of hydrogen-bond donors (Lipinski definition) is 1. The summed E-state index contributed by atoms with van der Waals surface area (Å²) < 4.78 is 38.7. The van der Waals surface area contributed by atoms with Crippen LogP contribution in [0.3, 0.4) is 0 Å².